The molecule has 31 heavy (non-hydrogen) atoms. The van der Waals surface area contributed by atoms with Crippen molar-refractivity contribution >= 4 is 32.9 Å². The number of piperazine rings is 1. The number of phenols is 1. The molecule has 1 aromatic carbocycles. The molecule has 2 heterocycles. The van der Waals surface area contributed by atoms with Crippen LogP contribution in [0.2, 0.25) is 0 Å². The molecule has 0 bridgehead atoms. The molecule has 0 spiro atoms. The summed E-state index contributed by atoms with van der Waals surface area (Å²) < 4.78 is 1.03. The summed E-state index contributed by atoms with van der Waals surface area (Å²) in [5.74, 6) is 0.387. The number of hydrogen-bond donors (Lipinski definition) is 2. The normalized spacial score (nSPS) is 15.5. The van der Waals surface area contributed by atoms with Crippen LogP contribution >= 0.6 is 32.9 Å². The lowest BCUT2D eigenvalue weighted by Crippen LogP contribution is -2.46. The molecular weight excluding hydrogens is 444 g/mol. The number of aliphatic hydroxyl groups excluding tert-OH is 1. The van der Waals surface area contributed by atoms with Crippen molar-refractivity contribution in [2.24, 2.45) is 0 Å². The van der Waals surface area contributed by atoms with Crippen molar-refractivity contribution in [3.05, 3.63) is 33.1 Å². The van der Waals surface area contributed by atoms with Crippen molar-refractivity contribution in [2.75, 3.05) is 39.3 Å². The number of unbranched alkanes of at least 4 members (excludes halogenated alkanes) is 4. The van der Waals surface area contributed by atoms with E-state index in [2.05, 4.69) is 22.8 Å². The molecule has 1 aliphatic heterocycles. The third-order valence-corrected chi connectivity index (χ3v) is 9.28. The number of phenolic OH excluding ortho intramolecular Hbond substituents is 1. The minimum absolute atomic E-state index is 0.286. The summed E-state index contributed by atoms with van der Waals surface area (Å²) in [5, 5.41) is 19.5. The Bertz CT molecular complexity index is 857. The van der Waals surface area contributed by atoms with E-state index in [0.717, 1.165) is 67.9 Å². The van der Waals surface area contributed by atoms with Gasteiger partial charge in [0.05, 0.1) is 4.88 Å². The van der Waals surface area contributed by atoms with Crippen LogP contribution in [0.4, 0.5) is 0 Å². The zero-order valence-corrected chi connectivity index (χ0v) is 21.1. The first-order valence-corrected chi connectivity index (χ1v) is 14.2. The van der Waals surface area contributed by atoms with Crippen molar-refractivity contribution in [1.82, 2.24) is 9.80 Å². The Hall–Kier alpha value is -0.830. The Balaban J connectivity index is 1.63. The molecule has 1 saturated heterocycles. The number of aliphatic hydroxyl groups is 1. The highest BCUT2D eigenvalue weighted by Gasteiger charge is 2.19. The largest absolute Gasteiger partial charge is 0.508 e. The van der Waals surface area contributed by atoms with E-state index >= 15 is 0 Å². The monoisotopic (exact) mass is 480 g/mol. The lowest BCUT2D eigenvalue weighted by Gasteiger charge is -2.34. The van der Waals surface area contributed by atoms with E-state index in [9.17, 15) is 5.11 Å². The zero-order valence-electron chi connectivity index (χ0n) is 18.6. The van der Waals surface area contributed by atoms with Crippen LogP contribution in [0.1, 0.15) is 56.6 Å². The first-order valence-electron chi connectivity index (χ1n) is 11.6. The standard InChI is InChI=1S/C24H36N2O2S3/c1-2-3-4-5-8-21-23(30-31-24(21)29)19-9-10-22(28)20(17-19)18-26-14-12-25(13-15-26)11-6-7-16-27/h9-10,17,27-28H,2-8,11-16,18H2,1H3. The second-order valence-corrected chi connectivity index (χ2v) is 11.3. The third-order valence-electron chi connectivity index (χ3n) is 6.08. The molecule has 7 heteroatoms. The first kappa shape index (κ1) is 24.8. The van der Waals surface area contributed by atoms with E-state index in [1.807, 2.05) is 12.1 Å². The summed E-state index contributed by atoms with van der Waals surface area (Å²) in [6.45, 7) is 8.52. The van der Waals surface area contributed by atoms with Gasteiger partial charge in [-0.3, -0.25) is 4.90 Å². The van der Waals surface area contributed by atoms with Crippen LogP contribution in [0.3, 0.4) is 0 Å². The Kier molecular flexibility index (Phi) is 10.4. The lowest BCUT2D eigenvalue weighted by molar-refractivity contribution is 0.123. The zero-order chi connectivity index (χ0) is 22.1. The smallest absolute Gasteiger partial charge is 0.120 e. The van der Waals surface area contributed by atoms with Crippen LogP contribution in [0, 0.1) is 3.82 Å². The van der Waals surface area contributed by atoms with E-state index in [1.165, 1.54) is 41.7 Å². The fraction of sp³-hybridized carbons (Fsp3) is 0.625. The topological polar surface area (TPSA) is 46.9 Å². The van der Waals surface area contributed by atoms with Gasteiger partial charge in [-0.05, 0) is 61.6 Å². The molecule has 172 valence electrons. The second-order valence-electron chi connectivity index (χ2n) is 8.46. The van der Waals surface area contributed by atoms with Gasteiger partial charge in [-0.1, -0.05) is 59.1 Å². The summed E-state index contributed by atoms with van der Waals surface area (Å²) in [4.78, 5) is 6.20. The molecule has 1 aromatic heterocycles. The summed E-state index contributed by atoms with van der Waals surface area (Å²) in [5.41, 5.74) is 3.53. The van der Waals surface area contributed by atoms with Gasteiger partial charge in [0.1, 0.15) is 9.57 Å². The molecule has 0 amide bonds. The number of rotatable bonds is 12. The lowest BCUT2D eigenvalue weighted by atomic mass is 10.0. The van der Waals surface area contributed by atoms with E-state index in [1.54, 1.807) is 20.7 Å². The Labute approximate surface area is 199 Å². The van der Waals surface area contributed by atoms with Gasteiger partial charge in [0.2, 0.25) is 0 Å². The van der Waals surface area contributed by atoms with Crippen molar-refractivity contribution < 1.29 is 10.2 Å². The minimum Gasteiger partial charge on any atom is -0.508 e. The van der Waals surface area contributed by atoms with Crippen LogP contribution in [0.5, 0.6) is 5.75 Å². The minimum atomic E-state index is 0.286. The maximum absolute atomic E-state index is 10.5. The number of aromatic hydroxyl groups is 1. The highest BCUT2D eigenvalue weighted by molar-refractivity contribution is 7.80. The molecule has 2 N–H and O–H groups in total. The predicted molar refractivity (Wildman–Crippen MR) is 136 cm³/mol. The van der Waals surface area contributed by atoms with Crippen molar-refractivity contribution in [3.63, 3.8) is 0 Å². The van der Waals surface area contributed by atoms with Crippen LogP contribution < -0.4 is 0 Å². The average Bonchev–Trinajstić information content (AvgIpc) is 3.14. The first-order chi connectivity index (χ1) is 15.1. The molecule has 1 aliphatic rings. The Morgan fingerprint density at radius 1 is 0.968 bits per heavy atom. The van der Waals surface area contributed by atoms with E-state index in [-0.39, 0.29) is 6.61 Å². The molecular formula is C24H36N2O2S3. The summed E-state index contributed by atoms with van der Waals surface area (Å²) in [6, 6.07) is 6.07. The van der Waals surface area contributed by atoms with Gasteiger partial charge in [-0.15, -0.1) is 0 Å². The van der Waals surface area contributed by atoms with E-state index in [4.69, 9.17) is 17.3 Å². The van der Waals surface area contributed by atoms with Crippen molar-refractivity contribution in [3.8, 4) is 16.2 Å². The number of benzene rings is 1. The quantitative estimate of drug-likeness (QED) is 0.224. The van der Waals surface area contributed by atoms with Gasteiger partial charge in [0.25, 0.3) is 0 Å². The molecule has 0 radical (unpaired) electrons. The van der Waals surface area contributed by atoms with Gasteiger partial charge < -0.3 is 15.1 Å². The van der Waals surface area contributed by atoms with Gasteiger partial charge in [0, 0.05) is 44.9 Å². The van der Waals surface area contributed by atoms with Crippen molar-refractivity contribution in [1.29, 1.82) is 0 Å². The molecule has 3 rings (SSSR count). The third kappa shape index (κ3) is 7.34. The fourth-order valence-corrected chi connectivity index (χ4v) is 7.15. The van der Waals surface area contributed by atoms with E-state index in [0.29, 0.717) is 5.75 Å². The van der Waals surface area contributed by atoms with Crippen LogP contribution in [-0.4, -0.2) is 59.3 Å². The molecule has 2 aromatic rings. The molecule has 0 saturated carbocycles. The summed E-state index contributed by atoms with van der Waals surface area (Å²) in [7, 11) is 3.49. The molecule has 0 aliphatic carbocycles. The SMILES string of the molecule is CCCCCCc1c(-c2ccc(O)c(CN3CCN(CCCCO)CC3)c2)ssc1=S. The van der Waals surface area contributed by atoms with Gasteiger partial charge in [-0.2, -0.15) is 0 Å². The Morgan fingerprint density at radius 2 is 1.74 bits per heavy atom. The highest BCUT2D eigenvalue weighted by atomic mass is 32.9. The highest BCUT2D eigenvalue weighted by Crippen LogP contribution is 2.37. The Morgan fingerprint density at radius 3 is 2.48 bits per heavy atom. The molecule has 0 unspecified atom stereocenters. The van der Waals surface area contributed by atoms with Gasteiger partial charge in [0.15, 0.2) is 0 Å². The van der Waals surface area contributed by atoms with Crippen molar-refractivity contribution in [2.45, 2.75) is 58.4 Å². The summed E-state index contributed by atoms with van der Waals surface area (Å²) in [6.07, 6.45) is 8.00. The maximum Gasteiger partial charge on any atom is 0.120 e. The second kappa shape index (κ2) is 13.0. The predicted octanol–water partition coefficient (Wildman–Crippen LogP) is 5.92. The maximum atomic E-state index is 10.5. The number of nitrogens with zero attached hydrogens (tertiary/aromatic N) is 2. The average molecular weight is 481 g/mol. The molecule has 1 fully saturated rings. The van der Waals surface area contributed by atoms with Crippen LogP contribution in [0.25, 0.3) is 10.4 Å². The van der Waals surface area contributed by atoms with Crippen LogP contribution in [0.15, 0.2) is 18.2 Å². The molecule has 0 atom stereocenters. The summed E-state index contributed by atoms with van der Waals surface area (Å²) >= 11 is 5.64. The van der Waals surface area contributed by atoms with Crippen LogP contribution in [-0.2, 0) is 13.0 Å². The number of hydrogen-bond acceptors (Lipinski definition) is 7. The van der Waals surface area contributed by atoms with E-state index < -0.39 is 0 Å². The van der Waals surface area contributed by atoms with Gasteiger partial charge in [-0.25, -0.2) is 0 Å². The molecule has 4 nitrogen and oxygen atoms in total. The van der Waals surface area contributed by atoms with Gasteiger partial charge >= 0.3 is 0 Å². The fourth-order valence-electron chi connectivity index (χ4n) is 4.15.